The zero-order chi connectivity index (χ0) is 15.9. The summed E-state index contributed by atoms with van der Waals surface area (Å²) in [5, 5.41) is 11.6. The van der Waals surface area contributed by atoms with Gasteiger partial charge in [-0.1, -0.05) is 30.4 Å². The highest BCUT2D eigenvalue weighted by atomic mass is 16.5. The molecule has 0 radical (unpaired) electrons. The molecule has 1 heterocycles. The minimum Gasteiger partial charge on any atom is -0.496 e. The fourth-order valence-corrected chi connectivity index (χ4v) is 2.49. The SMILES string of the molecule is COc1ccccc1/C=C\CN1CCNC(=O)[C@@H]1CC(=O)O. The standard InChI is InChI=1S/C16H20N2O4/c1-22-14-7-3-2-5-12(14)6-4-9-18-10-8-17-16(21)13(18)11-15(19)20/h2-7,13H,8-11H2,1H3,(H,17,21)(H,19,20)/b6-4-/t13-/m0/s1. The molecule has 1 aliphatic rings. The van der Waals surface area contributed by atoms with Gasteiger partial charge in [-0.2, -0.15) is 0 Å². The third-order valence-electron chi connectivity index (χ3n) is 3.59. The number of carboxylic acid groups (broad SMARTS) is 1. The highest BCUT2D eigenvalue weighted by Gasteiger charge is 2.30. The van der Waals surface area contributed by atoms with Gasteiger partial charge in [0.1, 0.15) is 5.75 Å². The highest BCUT2D eigenvalue weighted by Crippen LogP contribution is 2.19. The van der Waals surface area contributed by atoms with Crippen molar-refractivity contribution in [3.8, 4) is 5.75 Å². The molecule has 1 amide bonds. The van der Waals surface area contributed by atoms with Gasteiger partial charge < -0.3 is 15.2 Å². The Bertz CT molecular complexity index is 571. The predicted octanol–water partition coefficient (Wildman–Crippen LogP) is 0.983. The molecule has 1 atom stereocenters. The molecule has 1 aromatic rings. The molecule has 0 saturated carbocycles. The van der Waals surface area contributed by atoms with E-state index in [1.54, 1.807) is 7.11 Å². The van der Waals surface area contributed by atoms with Gasteiger partial charge in [0.25, 0.3) is 0 Å². The Morgan fingerprint density at radius 2 is 2.27 bits per heavy atom. The van der Waals surface area contributed by atoms with Crippen molar-refractivity contribution in [2.75, 3.05) is 26.7 Å². The number of nitrogens with zero attached hydrogens (tertiary/aromatic N) is 1. The Morgan fingerprint density at radius 1 is 1.50 bits per heavy atom. The summed E-state index contributed by atoms with van der Waals surface area (Å²) < 4.78 is 5.27. The number of benzene rings is 1. The van der Waals surface area contributed by atoms with Crippen LogP contribution in [-0.2, 0) is 9.59 Å². The van der Waals surface area contributed by atoms with Crippen molar-refractivity contribution in [2.45, 2.75) is 12.5 Å². The van der Waals surface area contributed by atoms with Crippen molar-refractivity contribution in [1.82, 2.24) is 10.2 Å². The maximum atomic E-state index is 11.8. The Balaban J connectivity index is 2.03. The lowest BCUT2D eigenvalue weighted by molar-refractivity contribution is -0.142. The summed E-state index contributed by atoms with van der Waals surface area (Å²) in [5.74, 6) is -0.419. The van der Waals surface area contributed by atoms with Crippen LogP contribution in [0.1, 0.15) is 12.0 Å². The van der Waals surface area contributed by atoms with Crippen LogP contribution in [-0.4, -0.2) is 54.7 Å². The highest BCUT2D eigenvalue weighted by molar-refractivity contribution is 5.86. The molecule has 6 heteroatoms. The molecule has 118 valence electrons. The largest absolute Gasteiger partial charge is 0.496 e. The van der Waals surface area contributed by atoms with Gasteiger partial charge in [0.15, 0.2) is 0 Å². The Labute approximate surface area is 129 Å². The molecule has 6 nitrogen and oxygen atoms in total. The number of carbonyl (C=O) groups excluding carboxylic acids is 1. The van der Waals surface area contributed by atoms with Gasteiger partial charge in [0.2, 0.25) is 5.91 Å². The van der Waals surface area contributed by atoms with Crippen molar-refractivity contribution >= 4 is 18.0 Å². The topological polar surface area (TPSA) is 78.9 Å². The van der Waals surface area contributed by atoms with E-state index in [0.717, 1.165) is 11.3 Å². The van der Waals surface area contributed by atoms with E-state index in [1.165, 1.54) is 0 Å². The van der Waals surface area contributed by atoms with Crippen LogP contribution in [0.15, 0.2) is 30.3 Å². The zero-order valence-electron chi connectivity index (χ0n) is 12.5. The molecular weight excluding hydrogens is 284 g/mol. The molecule has 0 spiro atoms. The number of nitrogens with one attached hydrogen (secondary N) is 1. The van der Waals surface area contributed by atoms with Gasteiger partial charge >= 0.3 is 5.97 Å². The maximum absolute atomic E-state index is 11.8. The molecule has 2 N–H and O–H groups in total. The number of rotatable bonds is 6. The smallest absolute Gasteiger partial charge is 0.305 e. The van der Waals surface area contributed by atoms with Crippen molar-refractivity contribution < 1.29 is 19.4 Å². The first-order valence-corrected chi connectivity index (χ1v) is 7.15. The van der Waals surface area contributed by atoms with Crippen LogP contribution in [0.3, 0.4) is 0 Å². The van der Waals surface area contributed by atoms with E-state index >= 15 is 0 Å². The van der Waals surface area contributed by atoms with E-state index in [0.29, 0.717) is 19.6 Å². The quantitative estimate of drug-likeness (QED) is 0.819. The molecule has 22 heavy (non-hydrogen) atoms. The second-order valence-corrected chi connectivity index (χ2v) is 5.04. The summed E-state index contributed by atoms with van der Waals surface area (Å²) in [6.45, 7) is 1.70. The van der Waals surface area contributed by atoms with Crippen molar-refractivity contribution in [3.05, 3.63) is 35.9 Å². The minimum absolute atomic E-state index is 0.186. The number of aliphatic carboxylic acids is 1. The van der Waals surface area contributed by atoms with Crippen LogP contribution in [0.25, 0.3) is 6.08 Å². The summed E-state index contributed by atoms with van der Waals surface area (Å²) in [6, 6.07) is 7.01. The van der Waals surface area contributed by atoms with Gasteiger partial charge in [0.05, 0.1) is 19.6 Å². The number of hydrogen-bond donors (Lipinski definition) is 2. The molecule has 1 saturated heterocycles. The average Bonchev–Trinajstić information content (AvgIpc) is 2.50. The molecule has 1 aliphatic heterocycles. The summed E-state index contributed by atoms with van der Waals surface area (Å²) in [4.78, 5) is 24.6. The Hall–Kier alpha value is -2.34. The summed E-state index contributed by atoms with van der Waals surface area (Å²) in [5.41, 5.74) is 0.946. The first-order valence-electron chi connectivity index (χ1n) is 7.15. The van der Waals surface area contributed by atoms with Crippen LogP contribution < -0.4 is 10.1 Å². The number of carbonyl (C=O) groups is 2. The van der Waals surface area contributed by atoms with E-state index in [2.05, 4.69) is 5.32 Å². The van der Waals surface area contributed by atoms with E-state index < -0.39 is 12.0 Å². The predicted molar refractivity (Wildman–Crippen MR) is 82.7 cm³/mol. The summed E-state index contributed by atoms with van der Waals surface area (Å²) >= 11 is 0. The average molecular weight is 304 g/mol. The Kier molecular flexibility index (Phi) is 5.55. The third-order valence-corrected chi connectivity index (χ3v) is 3.59. The molecule has 0 unspecified atom stereocenters. The van der Waals surface area contributed by atoms with Crippen molar-refractivity contribution in [1.29, 1.82) is 0 Å². The lowest BCUT2D eigenvalue weighted by Crippen LogP contribution is -2.55. The number of piperazine rings is 1. The molecule has 0 bridgehead atoms. The summed E-state index contributed by atoms with van der Waals surface area (Å²) in [6.07, 6.45) is 3.66. The number of carboxylic acids is 1. The molecule has 0 aromatic heterocycles. The van der Waals surface area contributed by atoms with Gasteiger partial charge in [-0.3, -0.25) is 14.5 Å². The number of ether oxygens (including phenoxy) is 1. The molecule has 0 aliphatic carbocycles. The van der Waals surface area contributed by atoms with E-state index in [-0.39, 0.29) is 12.3 Å². The maximum Gasteiger partial charge on any atom is 0.305 e. The van der Waals surface area contributed by atoms with Crippen LogP contribution in [0.5, 0.6) is 5.75 Å². The lowest BCUT2D eigenvalue weighted by Gasteiger charge is -2.33. The van der Waals surface area contributed by atoms with Crippen LogP contribution >= 0.6 is 0 Å². The third kappa shape index (κ3) is 4.08. The number of methoxy groups -OCH3 is 1. The van der Waals surface area contributed by atoms with E-state index in [1.807, 2.05) is 41.3 Å². The Morgan fingerprint density at radius 3 is 3.00 bits per heavy atom. The van der Waals surface area contributed by atoms with Crippen molar-refractivity contribution in [2.24, 2.45) is 0 Å². The zero-order valence-corrected chi connectivity index (χ0v) is 12.5. The fraction of sp³-hybridized carbons (Fsp3) is 0.375. The monoisotopic (exact) mass is 304 g/mol. The van der Waals surface area contributed by atoms with Gasteiger partial charge in [-0.25, -0.2) is 0 Å². The first kappa shape index (κ1) is 16.0. The van der Waals surface area contributed by atoms with Crippen molar-refractivity contribution in [3.63, 3.8) is 0 Å². The van der Waals surface area contributed by atoms with Crippen LogP contribution in [0, 0.1) is 0 Å². The van der Waals surface area contributed by atoms with Crippen LogP contribution in [0.4, 0.5) is 0 Å². The van der Waals surface area contributed by atoms with E-state index in [4.69, 9.17) is 9.84 Å². The van der Waals surface area contributed by atoms with E-state index in [9.17, 15) is 9.59 Å². The normalized spacial score (nSPS) is 19.1. The van der Waals surface area contributed by atoms with Crippen LogP contribution in [0.2, 0.25) is 0 Å². The number of hydrogen-bond acceptors (Lipinski definition) is 4. The number of amides is 1. The second-order valence-electron chi connectivity index (χ2n) is 5.04. The second kappa shape index (κ2) is 7.61. The van der Waals surface area contributed by atoms with Gasteiger partial charge in [0, 0.05) is 25.2 Å². The molecule has 1 fully saturated rings. The minimum atomic E-state index is -0.972. The molecular formula is C16H20N2O4. The summed E-state index contributed by atoms with van der Waals surface area (Å²) in [7, 11) is 1.62. The van der Waals surface area contributed by atoms with Gasteiger partial charge in [-0.15, -0.1) is 0 Å². The number of para-hydroxylation sites is 1. The lowest BCUT2D eigenvalue weighted by atomic mass is 10.1. The molecule has 1 aromatic carbocycles. The first-order chi connectivity index (χ1) is 10.6. The van der Waals surface area contributed by atoms with Gasteiger partial charge in [-0.05, 0) is 6.07 Å². The fourth-order valence-electron chi connectivity index (χ4n) is 2.49. The molecule has 2 rings (SSSR count).